The van der Waals surface area contributed by atoms with Gasteiger partial charge in [-0.2, -0.15) is 0 Å². The molecule has 1 amide bonds. The van der Waals surface area contributed by atoms with Crippen LogP contribution in [0.4, 0.5) is 5.69 Å². The van der Waals surface area contributed by atoms with Crippen LogP contribution in [0.5, 0.6) is 0 Å². The number of nitrogens with one attached hydrogen (secondary N) is 2. The van der Waals surface area contributed by atoms with Crippen LogP contribution in [-0.2, 0) is 26.0 Å². The molecule has 0 spiro atoms. The van der Waals surface area contributed by atoms with Crippen molar-refractivity contribution in [2.24, 2.45) is 0 Å². The molecule has 0 atom stereocenters. The number of sulfonamides is 1. The number of anilines is 1. The molecule has 0 aliphatic rings. The van der Waals surface area contributed by atoms with Crippen LogP contribution >= 0.6 is 0 Å². The molecule has 0 bridgehead atoms. The van der Waals surface area contributed by atoms with Crippen molar-refractivity contribution in [3.05, 3.63) is 65.2 Å². The van der Waals surface area contributed by atoms with Crippen LogP contribution < -0.4 is 10.0 Å². The summed E-state index contributed by atoms with van der Waals surface area (Å²) in [6.07, 6.45) is 1.65. The molecule has 0 fully saturated rings. The lowest BCUT2D eigenvalue weighted by molar-refractivity contribution is -0.124. The van der Waals surface area contributed by atoms with Gasteiger partial charge in [0, 0.05) is 6.54 Å². The summed E-state index contributed by atoms with van der Waals surface area (Å²) in [4.78, 5) is 24.1. The van der Waals surface area contributed by atoms with Gasteiger partial charge < -0.3 is 10.1 Å². The Morgan fingerprint density at radius 2 is 1.69 bits per heavy atom. The van der Waals surface area contributed by atoms with Gasteiger partial charge in [0.2, 0.25) is 10.0 Å². The van der Waals surface area contributed by atoms with Crippen LogP contribution in [0.2, 0.25) is 0 Å². The van der Waals surface area contributed by atoms with E-state index < -0.39 is 28.5 Å². The average Bonchev–Trinajstić information content (AvgIpc) is 2.65. The molecule has 2 aromatic carbocycles. The van der Waals surface area contributed by atoms with Gasteiger partial charge in [-0.05, 0) is 35.6 Å². The van der Waals surface area contributed by atoms with Crippen molar-refractivity contribution in [1.82, 2.24) is 5.32 Å². The summed E-state index contributed by atoms with van der Waals surface area (Å²) in [5.41, 5.74) is 2.50. The smallest absolute Gasteiger partial charge is 0.340 e. The molecule has 8 heteroatoms. The van der Waals surface area contributed by atoms with Gasteiger partial charge in [-0.25, -0.2) is 13.2 Å². The summed E-state index contributed by atoms with van der Waals surface area (Å²) in [7, 11) is -3.55. The fourth-order valence-electron chi connectivity index (χ4n) is 2.63. The van der Waals surface area contributed by atoms with E-state index >= 15 is 0 Å². The van der Waals surface area contributed by atoms with E-state index in [0.717, 1.165) is 11.8 Å². The van der Waals surface area contributed by atoms with E-state index in [1.807, 2.05) is 12.1 Å². The average molecular weight is 419 g/mol. The van der Waals surface area contributed by atoms with E-state index in [1.165, 1.54) is 17.7 Å². The SMILES string of the molecule is CC(C)c1ccc(CCNC(=O)COC(=O)c2ccccc2NS(C)(=O)=O)cc1. The number of para-hydroxylation sites is 1. The Bertz CT molecular complexity index is 953. The predicted octanol–water partition coefficient (Wildman–Crippen LogP) is 2.70. The highest BCUT2D eigenvalue weighted by molar-refractivity contribution is 7.92. The topological polar surface area (TPSA) is 102 Å². The fourth-order valence-corrected chi connectivity index (χ4v) is 3.20. The van der Waals surface area contributed by atoms with Gasteiger partial charge in [0.25, 0.3) is 5.91 Å². The second kappa shape index (κ2) is 10.1. The molecule has 156 valence electrons. The van der Waals surface area contributed by atoms with Crippen molar-refractivity contribution >= 4 is 27.6 Å². The summed E-state index contributed by atoms with van der Waals surface area (Å²) < 4.78 is 30.1. The van der Waals surface area contributed by atoms with E-state index in [1.54, 1.807) is 12.1 Å². The number of ether oxygens (including phenoxy) is 1. The first kappa shape index (κ1) is 22.4. The van der Waals surface area contributed by atoms with E-state index in [4.69, 9.17) is 4.74 Å². The maximum Gasteiger partial charge on any atom is 0.340 e. The minimum Gasteiger partial charge on any atom is -0.452 e. The molecule has 0 unspecified atom stereocenters. The molecule has 0 radical (unpaired) electrons. The normalized spacial score (nSPS) is 11.2. The van der Waals surface area contributed by atoms with Crippen LogP contribution in [0, 0.1) is 0 Å². The van der Waals surface area contributed by atoms with E-state index in [0.29, 0.717) is 18.9 Å². The second-order valence-corrected chi connectivity index (χ2v) is 8.74. The summed E-state index contributed by atoms with van der Waals surface area (Å²) >= 11 is 0. The largest absolute Gasteiger partial charge is 0.452 e. The summed E-state index contributed by atoms with van der Waals surface area (Å²) in [5.74, 6) is -0.738. The first-order valence-electron chi connectivity index (χ1n) is 9.25. The lowest BCUT2D eigenvalue weighted by Gasteiger charge is -2.11. The molecule has 2 rings (SSSR count). The minimum atomic E-state index is -3.55. The van der Waals surface area contributed by atoms with Crippen molar-refractivity contribution in [2.45, 2.75) is 26.2 Å². The highest BCUT2D eigenvalue weighted by Crippen LogP contribution is 2.17. The van der Waals surface area contributed by atoms with Gasteiger partial charge in [0.1, 0.15) is 0 Å². The lowest BCUT2D eigenvalue weighted by Crippen LogP contribution is -2.30. The number of benzene rings is 2. The number of carbonyl (C=O) groups excluding carboxylic acids is 2. The van der Waals surface area contributed by atoms with Crippen LogP contribution in [0.25, 0.3) is 0 Å². The van der Waals surface area contributed by atoms with Crippen molar-refractivity contribution in [3.8, 4) is 0 Å². The van der Waals surface area contributed by atoms with Gasteiger partial charge in [-0.3, -0.25) is 9.52 Å². The van der Waals surface area contributed by atoms with Crippen molar-refractivity contribution in [2.75, 3.05) is 24.1 Å². The number of hydrogen-bond acceptors (Lipinski definition) is 5. The van der Waals surface area contributed by atoms with Gasteiger partial charge in [0.05, 0.1) is 17.5 Å². The molecule has 0 aliphatic heterocycles. The fraction of sp³-hybridized carbons (Fsp3) is 0.333. The molecule has 0 aromatic heterocycles. The minimum absolute atomic E-state index is 0.0379. The first-order chi connectivity index (χ1) is 13.7. The zero-order valence-electron chi connectivity index (χ0n) is 16.8. The Labute approximate surface area is 171 Å². The van der Waals surface area contributed by atoms with E-state index in [9.17, 15) is 18.0 Å². The Morgan fingerprint density at radius 3 is 2.31 bits per heavy atom. The third kappa shape index (κ3) is 7.57. The predicted molar refractivity (Wildman–Crippen MR) is 112 cm³/mol. The molecule has 29 heavy (non-hydrogen) atoms. The van der Waals surface area contributed by atoms with Crippen LogP contribution in [-0.4, -0.2) is 39.7 Å². The highest BCUT2D eigenvalue weighted by atomic mass is 32.2. The lowest BCUT2D eigenvalue weighted by atomic mass is 10.0. The zero-order chi connectivity index (χ0) is 21.4. The third-order valence-corrected chi connectivity index (χ3v) is 4.75. The Kier molecular flexibility index (Phi) is 7.78. The molecule has 2 N–H and O–H groups in total. The number of rotatable bonds is 9. The van der Waals surface area contributed by atoms with Crippen LogP contribution in [0.1, 0.15) is 41.3 Å². The van der Waals surface area contributed by atoms with Gasteiger partial charge >= 0.3 is 5.97 Å². The first-order valence-corrected chi connectivity index (χ1v) is 11.1. The van der Waals surface area contributed by atoms with Crippen molar-refractivity contribution < 1.29 is 22.7 Å². The Balaban J connectivity index is 1.81. The number of amides is 1. The Hall–Kier alpha value is -2.87. The molecule has 2 aromatic rings. The molecule has 0 saturated heterocycles. The zero-order valence-corrected chi connectivity index (χ0v) is 17.6. The monoisotopic (exact) mass is 418 g/mol. The van der Waals surface area contributed by atoms with Gasteiger partial charge in [-0.1, -0.05) is 50.2 Å². The third-order valence-electron chi connectivity index (χ3n) is 4.16. The summed E-state index contributed by atoms with van der Waals surface area (Å²) in [6, 6.07) is 14.3. The van der Waals surface area contributed by atoms with Gasteiger partial charge in [0.15, 0.2) is 6.61 Å². The molecular weight excluding hydrogens is 392 g/mol. The number of esters is 1. The molecule has 0 saturated carbocycles. The highest BCUT2D eigenvalue weighted by Gasteiger charge is 2.16. The molecule has 0 aliphatic carbocycles. The number of carbonyl (C=O) groups is 2. The standard InChI is InChI=1S/C21H26N2O5S/c1-15(2)17-10-8-16(9-11-17)12-13-22-20(24)14-28-21(25)18-6-4-5-7-19(18)23-29(3,26)27/h4-11,15,23H,12-14H2,1-3H3,(H,22,24). The van der Waals surface area contributed by atoms with Crippen molar-refractivity contribution in [1.29, 1.82) is 0 Å². The van der Waals surface area contributed by atoms with Crippen LogP contribution in [0.3, 0.4) is 0 Å². The summed E-state index contributed by atoms with van der Waals surface area (Å²) in [6.45, 7) is 4.24. The van der Waals surface area contributed by atoms with E-state index in [-0.39, 0.29) is 11.3 Å². The number of hydrogen-bond donors (Lipinski definition) is 2. The van der Waals surface area contributed by atoms with Crippen molar-refractivity contribution in [3.63, 3.8) is 0 Å². The second-order valence-electron chi connectivity index (χ2n) is 6.99. The van der Waals surface area contributed by atoms with Crippen LogP contribution in [0.15, 0.2) is 48.5 Å². The maximum absolute atomic E-state index is 12.2. The molecule has 7 nitrogen and oxygen atoms in total. The maximum atomic E-state index is 12.2. The molecular formula is C21H26N2O5S. The quantitative estimate of drug-likeness (QED) is 0.610. The molecule has 0 heterocycles. The summed E-state index contributed by atoms with van der Waals surface area (Å²) in [5, 5.41) is 2.70. The Morgan fingerprint density at radius 1 is 1.03 bits per heavy atom. The van der Waals surface area contributed by atoms with Gasteiger partial charge in [-0.15, -0.1) is 0 Å². The van der Waals surface area contributed by atoms with E-state index in [2.05, 4.69) is 36.0 Å².